The number of aryl methyl sites for hydroxylation is 2. The number of hydrogen-bond donors (Lipinski definition) is 0. The van der Waals surface area contributed by atoms with Crippen molar-refractivity contribution in [2.75, 3.05) is 26.2 Å². The van der Waals surface area contributed by atoms with Crippen LogP contribution in [0.25, 0.3) is 11.4 Å². The summed E-state index contributed by atoms with van der Waals surface area (Å²) in [5, 5.41) is 4.62. The topological polar surface area (TPSA) is 79.5 Å². The van der Waals surface area contributed by atoms with Crippen molar-refractivity contribution in [3.05, 3.63) is 71.1 Å². The molecule has 0 aliphatic carbocycles. The molecule has 33 heavy (non-hydrogen) atoms. The lowest BCUT2D eigenvalue weighted by Gasteiger charge is -2.35. The van der Waals surface area contributed by atoms with Crippen molar-refractivity contribution in [3.63, 3.8) is 0 Å². The lowest BCUT2D eigenvalue weighted by Crippen LogP contribution is -2.50. The quantitative estimate of drug-likeness (QED) is 0.501. The Labute approximate surface area is 198 Å². The van der Waals surface area contributed by atoms with E-state index < -0.39 is 0 Å². The van der Waals surface area contributed by atoms with Crippen LogP contribution in [-0.2, 0) is 22.4 Å². The first-order valence-corrected chi connectivity index (χ1v) is 11.6. The molecule has 2 amide bonds. The molecule has 7 nitrogen and oxygen atoms in total. The van der Waals surface area contributed by atoms with Gasteiger partial charge in [-0.3, -0.25) is 9.59 Å². The van der Waals surface area contributed by atoms with Gasteiger partial charge in [-0.05, 0) is 42.7 Å². The van der Waals surface area contributed by atoms with E-state index >= 15 is 0 Å². The maximum Gasteiger partial charge on any atom is 0.227 e. The fraction of sp³-hybridized carbons (Fsp3) is 0.360. The molecule has 0 bridgehead atoms. The third-order valence-electron chi connectivity index (χ3n) is 5.81. The van der Waals surface area contributed by atoms with Gasteiger partial charge in [-0.15, -0.1) is 0 Å². The van der Waals surface area contributed by atoms with Crippen molar-refractivity contribution in [3.8, 4) is 11.4 Å². The zero-order valence-electron chi connectivity index (χ0n) is 18.5. The first-order valence-electron chi connectivity index (χ1n) is 11.3. The molecular weight excluding hydrogens is 440 g/mol. The van der Waals surface area contributed by atoms with Crippen LogP contribution in [0.5, 0.6) is 0 Å². The molecule has 4 rings (SSSR count). The fourth-order valence-corrected chi connectivity index (χ4v) is 4.02. The van der Waals surface area contributed by atoms with E-state index in [0.717, 1.165) is 18.4 Å². The van der Waals surface area contributed by atoms with Crippen molar-refractivity contribution < 1.29 is 14.1 Å². The summed E-state index contributed by atoms with van der Waals surface area (Å²) in [5.74, 6) is 1.12. The average Bonchev–Trinajstić information content (AvgIpc) is 3.33. The summed E-state index contributed by atoms with van der Waals surface area (Å²) in [6.07, 6.45) is 2.96. The molecule has 0 spiro atoms. The predicted molar refractivity (Wildman–Crippen MR) is 126 cm³/mol. The van der Waals surface area contributed by atoms with Gasteiger partial charge in [0.15, 0.2) is 0 Å². The Morgan fingerprint density at radius 2 is 1.48 bits per heavy atom. The van der Waals surface area contributed by atoms with Crippen LogP contribution in [0.3, 0.4) is 0 Å². The molecule has 1 aliphatic rings. The van der Waals surface area contributed by atoms with E-state index in [1.807, 2.05) is 40.1 Å². The van der Waals surface area contributed by atoms with Gasteiger partial charge >= 0.3 is 0 Å². The van der Waals surface area contributed by atoms with Gasteiger partial charge in [0.05, 0.1) is 0 Å². The van der Waals surface area contributed by atoms with Gasteiger partial charge in [-0.25, -0.2) is 0 Å². The molecule has 0 N–H and O–H groups in total. The molecule has 1 aliphatic heterocycles. The minimum Gasteiger partial charge on any atom is -0.339 e. The number of rotatable bonds is 8. The summed E-state index contributed by atoms with van der Waals surface area (Å²) in [5.41, 5.74) is 2.06. The minimum atomic E-state index is 0.0393. The number of piperazine rings is 1. The van der Waals surface area contributed by atoms with Gasteiger partial charge in [0.2, 0.25) is 23.5 Å². The van der Waals surface area contributed by atoms with Crippen molar-refractivity contribution >= 4 is 23.4 Å². The number of amides is 2. The number of carbonyl (C=O) groups excluding carboxylic acids is 2. The number of hydrogen-bond acceptors (Lipinski definition) is 5. The second-order valence-electron chi connectivity index (χ2n) is 8.12. The summed E-state index contributed by atoms with van der Waals surface area (Å²) in [7, 11) is 0. The van der Waals surface area contributed by atoms with E-state index in [0.29, 0.717) is 62.2 Å². The minimum absolute atomic E-state index is 0.0393. The highest BCUT2D eigenvalue weighted by Crippen LogP contribution is 2.19. The van der Waals surface area contributed by atoms with Gasteiger partial charge in [0.1, 0.15) is 0 Å². The number of carbonyl (C=O) groups is 2. The van der Waals surface area contributed by atoms with Crippen molar-refractivity contribution in [2.24, 2.45) is 0 Å². The summed E-state index contributed by atoms with van der Waals surface area (Å²) < 4.78 is 5.29. The first kappa shape index (κ1) is 23.0. The normalized spacial score (nSPS) is 13.8. The lowest BCUT2D eigenvalue weighted by molar-refractivity contribution is -0.139. The van der Waals surface area contributed by atoms with Crippen LogP contribution in [0, 0.1) is 0 Å². The number of nitrogens with zero attached hydrogens (tertiary/aromatic N) is 4. The third kappa shape index (κ3) is 6.42. The molecule has 1 saturated heterocycles. The first-order chi connectivity index (χ1) is 16.1. The molecule has 1 aromatic heterocycles. The molecule has 8 heteroatoms. The van der Waals surface area contributed by atoms with Crippen LogP contribution in [-0.4, -0.2) is 57.9 Å². The van der Waals surface area contributed by atoms with Crippen molar-refractivity contribution in [1.82, 2.24) is 19.9 Å². The number of aromatic nitrogens is 2. The Morgan fingerprint density at radius 1 is 0.848 bits per heavy atom. The van der Waals surface area contributed by atoms with E-state index in [9.17, 15) is 9.59 Å². The van der Waals surface area contributed by atoms with Crippen LogP contribution < -0.4 is 0 Å². The van der Waals surface area contributed by atoms with Gasteiger partial charge in [0.25, 0.3) is 0 Å². The molecule has 0 unspecified atom stereocenters. The molecule has 1 fully saturated rings. The largest absolute Gasteiger partial charge is 0.339 e. The summed E-state index contributed by atoms with van der Waals surface area (Å²) in [6.45, 7) is 2.28. The van der Waals surface area contributed by atoms with E-state index in [2.05, 4.69) is 22.3 Å². The maximum absolute atomic E-state index is 12.6. The number of halogens is 1. The summed E-state index contributed by atoms with van der Waals surface area (Å²) in [4.78, 5) is 33.2. The Balaban J connectivity index is 1.17. The molecule has 0 atom stereocenters. The Morgan fingerprint density at radius 3 is 2.15 bits per heavy atom. The maximum atomic E-state index is 12.6. The monoisotopic (exact) mass is 466 g/mol. The fourth-order valence-electron chi connectivity index (χ4n) is 3.90. The zero-order valence-corrected chi connectivity index (χ0v) is 19.2. The van der Waals surface area contributed by atoms with Crippen LogP contribution in [0.15, 0.2) is 59.1 Å². The standard InChI is InChI=1S/C25H27ClN4O3/c26-21-11-9-20(10-12-21)25-27-22(33-28-25)13-14-24(32)30-17-15-29(16-18-30)23(31)8-4-7-19-5-2-1-3-6-19/h1-3,5-6,9-12H,4,7-8,13-18H2. The number of benzene rings is 2. The van der Waals surface area contributed by atoms with Crippen LogP contribution >= 0.6 is 11.6 Å². The van der Waals surface area contributed by atoms with E-state index in [4.69, 9.17) is 16.1 Å². The predicted octanol–water partition coefficient (Wildman–Crippen LogP) is 4.02. The second-order valence-corrected chi connectivity index (χ2v) is 8.56. The van der Waals surface area contributed by atoms with Crippen molar-refractivity contribution in [2.45, 2.75) is 32.1 Å². The molecule has 3 aromatic rings. The van der Waals surface area contributed by atoms with E-state index in [-0.39, 0.29) is 11.8 Å². The van der Waals surface area contributed by atoms with Crippen LogP contribution in [0.4, 0.5) is 0 Å². The van der Waals surface area contributed by atoms with Gasteiger partial charge in [-0.1, -0.05) is 47.1 Å². The SMILES string of the molecule is O=C(CCCc1ccccc1)N1CCN(C(=O)CCc2nc(-c3ccc(Cl)cc3)no2)CC1. The smallest absolute Gasteiger partial charge is 0.227 e. The molecule has 2 heterocycles. The van der Waals surface area contributed by atoms with Gasteiger partial charge in [-0.2, -0.15) is 4.98 Å². The van der Waals surface area contributed by atoms with Crippen LogP contribution in [0.2, 0.25) is 5.02 Å². The molecule has 0 saturated carbocycles. The highest BCUT2D eigenvalue weighted by molar-refractivity contribution is 6.30. The Bertz CT molecular complexity index is 1060. The van der Waals surface area contributed by atoms with Crippen molar-refractivity contribution in [1.29, 1.82) is 0 Å². The highest BCUT2D eigenvalue weighted by atomic mass is 35.5. The summed E-state index contributed by atoms with van der Waals surface area (Å²) >= 11 is 5.91. The highest BCUT2D eigenvalue weighted by Gasteiger charge is 2.24. The Hall–Kier alpha value is -3.19. The molecule has 2 aromatic carbocycles. The van der Waals surface area contributed by atoms with E-state index in [1.54, 1.807) is 12.1 Å². The summed E-state index contributed by atoms with van der Waals surface area (Å²) in [6, 6.07) is 17.4. The van der Waals surface area contributed by atoms with Crippen LogP contribution in [0.1, 0.15) is 30.7 Å². The molecular formula is C25H27ClN4O3. The zero-order chi connectivity index (χ0) is 23.0. The second kappa shape index (κ2) is 11.1. The lowest BCUT2D eigenvalue weighted by atomic mass is 10.1. The van der Waals surface area contributed by atoms with E-state index in [1.165, 1.54) is 5.56 Å². The molecule has 0 radical (unpaired) electrons. The third-order valence-corrected chi connectivity index (χ3v) is 6.06. The van der Waals surface area contributed by atoms with Gasteiger partial charge < -0.3 is 14.3 Å². The molecule has 172 valence electrons. The van der Waals surface area contributed by atoms with Gasteiger partial charge in [0, 0.05) is 56.0 Å². The Kier molecular flexibility index (Phi) is 7.73. The average molecular weight is 467 g/mol.